The Balaban J connectivity index is 2.95. The lowest BCUT2D eigenvalue weighted by molar-refractivity contribution is 1.17. The molecule has 2 rings (SSSR count). The standard InChI is InChI=1S/C5H2N4/c1-4-5(8-2-6-1)9-3-7-4/h3H,(H,6,7,8,9). The van der Waals surface area contributed by atoms with Gasteiger partial charge in [-0.05, 0) is 0 Å². The fraction of sp³-hybridized carbons (Fsp3) is 0. The lowest BCUT2D eigenvalue weighted by Crippen LogP contribution is -1.78. The highest BCUT2D eigenvalue weighted by molar-refractivity contribution is 5.66. The maximum atomic E-state index is 3.86. The zero-order chi connectivity index (χ0) is 6.10. The molecule has 4 heteroatoms. The van der Waals surface area contributed by atoms with Crippen LogP contribution in [0.25, 0.3) is 11.2 Å². The predicted octanol–water partition coefficient (Wildman–Crippen LogP) is -0.0467. The van der Waals surface area contributed by atoms with Gasteiger partial charge in [0.2, 0.25) is 6.33 Å². The number of hydrogen-bond acceptors (Lipinski definition) is 3. The van der Waals surface area contributed by atoms with E-state index in [1.807, 2.05) is 0 Å². The number of rotatable bonds is 0. The van der Waals surface area contributed by atoms with E-state index in [4.69, 9.17) is 0 Å². The molecule has 2 heterocycles. The summed E-state index contributed by atoms with van der Waals surface area (Å²) in [6.07, 6.45) is 6.56. The summed E-state index contributed by atoms with van der Waals surface area (Å²) in [5, 5.41) is 0. The van der Waals surface area contributed by atoms with Crippen molar-refractivity contribution in [1.29, 1.82) is 0 Å². The smallest absolute Gasteiger partial charge is 0.200 e. The average molecular weight is 118 g/mol. The highest BCUT2D eigenvalue weighted by Gasteiger charge is 1.92. The number of nitrogens with one attached hydrogen (secondary N) is 1. The van der Waals surface area contributed by atoms with E-state index in [9.17, 15) is 0 Å². The molecule has 2 aromatic rings. The molecule has 0 aliphatic rings. The SMILES string of the molecule is [c]1n[c]c2nc[nH]c2n1. The third-order valence-electron chi connectivity index (χ3n) is 0.993. The Bertz CT molecular complexity index is 283. The molecule has 0 bridgehead atoms. The topological polar surface area (TPSA) is 54.5 Å². The Morgan fingerprint density at radius 1 is 1.56 bits per heavy atom. The third kappa shape index (κ3) is 0.561. The highest BCUT2D eigenvalue weighted by Crippen LogP contribution is 1.98. The van der Waals surface area contributed by atoms with Crippen molar-refractivity contribution in [1.82, 2.24) is 19.9 Å². The number of hydrogen-bond donors (Lipinski definition) is 1. The van der Waals surface area contributed by atoms with E-state index in [2.05, 4.69) is 32.5 Å². The highest BCUT2D eigenvalue weighted by atomic mass is 15.0. The molecule has 0 spiro atoms. The van der Waals surface area contributed by atoms with Gasteiger partial charge >= 0.3 is 0 Å². The molecule has 0 unspecified atom stereocenters. The number of H-pyrrole nitrogens is 1. The van der Waals surface area contributed by atoms with Gasteiger partial charge in [-0.2, -0.15) is 0 Å². The van der Waals surface area contributed by atoms with Gasteiger partial charge in [0, 0.05) is 0 Å². The lowest BCUT2D eigenvalue weighted by Gasteiger charge is -1.77. The van der Waals surface area contributed by atoms with Crippen LogP contribution in [-0.2, 0) is 0 Å². The van der Waals surface area contributed by atoms with Crippen molar-refractivity contribution >= 4 is 11.2 Å². The predicted molar refractivity (Wildman–Crippen MR) is 29.4 cm³/mol. The summed E-state index contributed by atoms with van der Waals surface area (Å²) in [5.74, 6) is 0. The van der Waals surface area contributed by atoms with Gasteiger partial charge in [0.05, 0.1) is 6.33 Å². The number of imidazole rings is 1. The molecule has 1 N–H and O–H groups in total. The van der Waals surface area contributed by atoms with Gasteiger partial charge in [-0.25, -0.2) is 15.0 Å². The van der Waals surface area contributed by atoms with E-state index in [0.717, 1.165) is 0 Å². The molecule has 0 saturated carbocycles. The van der Waals surface area contributed by atoms with Crippen LogP contribution in [0.15, 0.2) is 6.33 Å². The van der Waals surface area contributed by atoms with Gasteiger partial charge in [0.15, 0.2) is 5.65 Å². The van der Waals surface area contributed by atoms with E-state index < -0.39 is 0 Å². The molecule has 4 nitrogen and oxygen atoms in total. The summed E-state index contributed by atoms with van der Waals surface area (Å²) in [6.45, 7) is 0. The molecule has 42 valence electrons. The molecular weight excluding hydrogens is 116 g/mol. The lowest BCUT2D eigenvalue weighted by atomic mass is 10.6. The second-order valence-electron chi connectivity index (χ2n) is 1.54. The van der Waals surface area contributed by atoms with Crippen LogP contribution in [0.2, 0.25) is 0 Å². The second-order valence-corrected chi connectivity index (χ2v) is 1.54. The van der Waals surface area contributed by atoms with Gasteiger partial charge in [-0.15, -0.1) is 0 Å². The monoisotopic (exact) mass is 118 g/mol. The summed E-state index contributed by atoms with van der Waals surface area (Å²) in [5.41, 5.74) is 1.32. The van der Waals surface area contributed by atoms with E-state index in [-0.39, 0.29) is 0 Å². The normalized spacial score (nSPS) is 10.2. The van der Waals surface area contributed by atoms with Crippen molar-refractivity contribution in [2.75, 3.05) is 0 Å². The molecule has 9 heavy (non-hydrogen) atoms. The summed E-state index contributed by atoms with van der Waals surface area (Å²) in [6, 6.07) is 0. The molecule has 0 amide bonds. The Labute approximate surface area is 51.0 Å². The van der Waals surface area contributed by atoms with Crippen LogP contribution >= 0.6 is 0 Å². The molecule has 0 atom stereocenters. The van der Waals surface area contributed by atoms with Gasteiger partial charge in [-0.1, -0.05) is 0 Å². The first kappa shape index (κ1) is 4.43. The number of fused-ring (bicyclic) bond motifs is 1. The average Bonchev–Trinajstić information content (AvgIpc) is 2.33. The van der Waals surface area contributed by atoms with Crippen LogP contribution in [0.1, 0.15) is 0 Å². The summed E-state index contributed by atoms with van der Waals surface area (Å²) in [4.78, 5) is 14.0. The second kappa shape index (κ2) is 1.51. The maximum Gasteiger partial charge on any atom is 0.200 e. The molecule has 0 fully saturated rings. The van der Waals surface area contributed by atoms with Gasteiger partial charge in [0.25, 0.3) is 0 Å². The minimum absolute atomic E-state index is 0.647. The molecule has 0 aliphatic carbocycles. The summed E-state index contributed by atoms with van der Waals surface area (Å²) < 4.78 is 0. The summed E-state index contributed by atoms with van der Waals surface area (Å²) in [7, 11) is 0. The Morgan fingerprint density at radius 2 is 2.56 bits per heavy atom. The van der Waals surface area contributed by atoms with Crippen LogP contribution in [0.4, 0.5) is 0 Å². The molecular formula is C5H2N4. The van der Waals surface area contributed by atoms with Crippen LogP contribution in [0, 0.1) is 12.5 Å². The van der Waals surface area contributed by atoms with Crippen LogP contribution < -0.4 is 0 Å². The van der Waals surface area contributed by atoms with Gasteiger partial charge < -0.3 is 4.98 Å². The zero-order valence-electron chi connectivity index (χ0n) is 4.42. The third-order valence-corrected chi connectivity index (χ3v) is 0.993. The summed E-state index contributed by atoms with van der Waals surface area (Å²) >= 11 is 0. The van der Waals surface area contributed by atoms with Crippen LogP contribution in [0.5, 0.6) is 0 Å². The minimum atomic E-state index is 0.647. The quantitative estimate of drug-likeness (QED) is 0.527. The molecule has 0 aromatic carbocycles. The van der Waals surface area contributed by atoms with Crippen LogP contribution in [0.3, 0.4) is 0 Å². The zero-order valence-corrected chi connectivity index (χ0v) is 4.42. The van der Waals surface area contributed by atoms with Gasteiger partial charge in [0.1, 0.15) is 11.7 Å². The Morgan fingerprint density at radius 3 is 3.44 bits per heavy atom. The fourth-order valence-electron chi connectivity index (χ4n) is 0.607. The minimum Gasteiger partial charge on any atom is -0.329 e. The van der Waals surface area contributed by atoms with Crippen LogP contribution in [-0.4, -0.2) is 19.9 Å². The molecule has 0 saturated heterocycles. The van der Waals surface area contributed by atoms with Crippen molar-refractivity contribution in [3.05, 3.63) is 18.9 Å². The molecule has 2 radical (unpaired) electrons. The van der Waals surface area contributed by atoms with E-state index in [0.29, 0.717) is 11.2 Å². The van der Waals surface area contributed by atoms with E-state index >= 15 is 0 Å². The van der Waals surface area contributed by atoms with Crippen molar-refractivity contribution in [2.45, 2.75) is 0 Å². The number of nitrogens with zero attached hydrogens (tertiary/aromatic N) is 3. The van der Waals surface area contributed by atoms with Crippen molar-refractivity contribution in [3.63, 3.8) is 0 Å². The van der Waals surface area contributed by atoms with E-state index in [1.54, 1.807) is 6.33 Å². The number of aromatic amines is 1. The van der Waals surface area contributed by atoms with E-state index in [1.165, 1.54) is 0 Å². The Kier molecular flexibility index (Phi) is 0.745. The fourth-order valence-corrected chi connectivity index (χ4v) is 0.607. The first-order valence-electron chi connectivity index (χ1n) is 2.41. The Hall–Kier alpha value is -1.45. The first-order chi connectivity index (χ1) is 4.47. The largest absolute Gasteiger partial charge is 0.329 e. The first-order valence-corrected chi connectivity index (χ1v) is 2.41. The van der Waals surface area contributed by atoms with Gasteiger partial charge in [-0.3, -0.25) is 0 Å². The maximum absolute atomic E-state index is 3.86. The van der Waals surface area contributed by atoms with Crippen molar-refractivity contribution in [2.24, 2.45) is 0 Å². The van der Waals surface area contributed by atoms with Crippen molar-refractivity contribution in [3.8, 4) is 0 Å². The van der Waals surface area contributed by atoms with Crippen molar-refractivity contribution < 1.29 is 0 Å². The molecule has 2 aromatic heterocycles. The number of aromatic nitrogens is 4. The molecule has 0 aliphatic heterocycles.